The van der Waals surface area contributed by atoms with Crippen molar-refractivity contribution in [1.29, 1.82) is 0 Å². The van der Waals surface area contributed by atoms with Crippen molar-refractivity contribution in [3.8, 4) is 11.6 Å². The Morgan fingerprint density at radius 1 is 1.36 bits per heavy atom. The van der Waals surface area contributed by atoms with Gasteiger partial charge in [0.2, 0.25) is 0 Å². The first kappa shape index (κ1) is 15.5. The molecule has 0 radical (unpaired) electrons. The summed E-state index contributed by atoms with van der Waals surface area (Å²) in [6, 6.07) is 3.73. The van der Waals surface area contributed by atoms with E-state index in [2.05, 4.69) is 38.2 Å². The number of hydrogen-bond donors (Lipinski definition) is 0. The van der Waals surface area contributed by atoms with Crippen molar-refractivity contribution in [2.75, 3.05) is 0 Å². The molecule has 0 aromatic carbocycles. The number of hydrogen-bond acceptors (Lipinski definition) is 7. The molecule has 0 saturated carbocycles. The van der Waals surface area contributed by atoms with Crippen molar-refractivity contribution >= 4 is 34.9 Å². The Kier molecular flexibility index (Phi) is 4.80. The van der Waals surface area contributed by atoms with Gasteiger partial charge in [-0.05, 0) is 18.1 Å². The second-order valence-corrected chi connectivity index (χ2v) is 7.37. The highest BCUT2D eigenvalue weighted by molar-refractivity contribution is 7.98. The van der Waals surface area contributed by atoms with E-state index < -0.39 is 0 Å². The Labute approximate surface area is 141 Å². The molecule has 0 fully saturated rings. The minimum Gasteiger partial charge on any atom is -0.461 e. The lowest BCUT2D eigenvalue weighted by molar-refractivity contribution is 0.489. The first-order chi connectivity index (χ1) is 10.6. The van der Waals surface area contributed by atoms with Gasteiger partial charge in [-0.3, -0.25) is 4.57 Å². The van der Waals surface area contributed by atoms with Gasteiger partial charge in [0.15, 0.2) is 16.7 Å². The molecule has 0 unspecified atom stereocenters. The lowest BCUT2D eigenvalue weighted by Gasteiger charge is -2.11. The first-order valence-electron chi connectivity index (χ1n) is 6.71. The van der Waals surface area contributed by atoms with E-state index >= 15 is 0 Å². The zero-order valence-corrected chi connectivity index (χ0v) is 14.5. The summed E-state index contributed by atoms with van der Waals surface area (Å²) in [5.74, 6) is 2.54. The molecule has 0 aliphatic carbocycles. The summed E-state index contributed by atoms with van der Waals surface area (Å²) < 4.78 is 12.0. The molecule has 9 heteroatoms. The van der Waals surface area contributed by atoms with Crippen LogP contribution in [0.15, 0.2) is 28.0 Å². The number of aromatic nitrogens is 5. The van der Waals surface area contributed by atoms with Crippen molar-refractivity contribution in [2.45, 2.75) is 31.3 Å². The van der Waals surface area contributed by atoms with Gasteiger partial charge in [-0.25, -0.2) is 0 Å². The van der Waals surface area contributed by atoms with Gasteiger partial charge in [0.05, 0.1) is 6.26 Å². The van der Waals surface area contributed by atoms with Gasteiger partial charge < -0.3 is 4.42 Å². The highest BCUT2D eigenvalue weighted by Crippen LogP contribution is 2.29. The molecule has 3 aromatic heterocycles. The molecule has 0 spiro atoms. The number of nitrogens with zero attached hydrogens (tertiary/aromatic N) is 5. The summed E-state index contributed by atoms with van der Waals surface area (Å²) in [7, 11) is 0. The Morgan fingerprint density at radius 2 is 2.23 bits per heavy atom. The molecule has 0 amide bonds. The van der Waals surface area contributed by atoms with Gasteiger partial charge in [-0.2, -0.15) is 0 Å². The third kappa shape index (κ3) is 3.34. The molecule has 3 heterocycles. The molecule has 22 heavy (non-hydrogen) atoms. The summed E-state index contributed by atoms with van der Waals surface area (Å²) in [5.41, 5.74) is 0.773. The van der Waals surface area contributed by atoms with Crippen LogP contribution in [-0.4, -0.2) is 24.4 Å². The van der Waals surface area contributed by atoms with Crippen LogP contribution in [0, 0.1) is 5.92 Å². The van der Waals surface area contributed by atoms with Crippen molar-refractivity contribution < 1.29 is 4.42 Å². The molecule has 0 saturated heterocycles. The molecular weight excluding hydrogens is 342 g/mol. The summed E-state index contributed by atoms with van der Waals surface area (Å²) in [6.07, 6.45) is 1.64. The SMILES string of the molecule is CC(C)Cn1c(SCc2nnsc2Cl)nnc1-c1ccco1. The summed E-state index contributed by atoms with van der Waals surface area (Å²) in [6.45, 7) is 5.12. The van der Waals surface area contributed by atoms with Gasteiger partial charge in [0.25, 0.3) is 0 Å². The zero-order chi connectivity index (χ0) is 15.5. The predicted molar refractivity (Wildman–Crippen MR) is 87.0 cm³/mol. The molecule has 116 valence electrons. The van der Waals surface area contributed by atoms with E-state index in [-0.39, 0.29) is 0 Å². The highest BCUT2D eigenvalue weighted by atomic mass is 35.5. The van der Waals surface area contributed by atoms with Gasteiger partial charge in [0, 0.05) is 23.8 Å². The van der Waals surface area contributed by atoms with E-state index in [9.17, 15) is 0 Å². The molecule has 6 nitrogen and oxygen atoms in total. The molecule has 0 atom stereocenters. The molecule has 0 bridgehead atoms. The molecule has 0 aliphatic heterocycles. The van der Waals surface area contributed by atoms with Gasteiger partial charge in [-0.1, -0.05) is 41.7 Å². The van der Waals surface area contributed by atoms with E-state index in [1.165, 1.54) is 11.5 Å². The standard InChI is InChI=1S/C13H14ClN5OS2/c1-8(2)6-19-12(10-4-3-5-20-10)16-17-13(19)21-7-9-11(14)22-18-15-9/h3-5,8H,6-7H2,1-2H3. The second-order valence-electron chi connectivity index (χ2n) is 5.07. The smallest absolute Gasteiger partial charge is 0.200 e. The Hall–Kier alpha value is -1.38. The van der Waals surface area contributed by atoms with Crippen LogP contribution in [0.2, 0.25) is 4.34 Å². The lowest BCUT2D eigenvalue weighted by atomic mass is 10.2. The van der Waals surface area contributed by atoms with Gasteiger partial charge in [-0.15, -0.1) is 15.3 Å². The van der Waals surface area contributed by atoms with Crippen LogP contribution >= 0.6 is 34.9 Å². The first-order valence-corrected chi connectivity index (χ1v) is 8.85. The van der Waals surface area contributed by atoms with Crippen molar-refractivity contribution in [1.82, 2.24) is 24.4 Å². The molecule has 0 aliphatic rings. The fraction of sp³-hybridized carbons (Fsp3) is 0.385. The van der Waals surface area contributed by atoms with Gasteiger partial charge >= 0.3 is 0 Å². The third-order valence-electron chi connectivity index (χ3n) is 2.85. The Morgan fingerprint density at radius 3 is 2.86 bits per heavy atom. The summed E-state index contributed by atoms with van der Waals surface area (Å²) in [4.78, 5) is 0. The fourth-order valence-electron chi connectivity index (χ4n) is 1.93. The summed E-state index contributed by atoms with van der Waals surface area (Å²) >= 11 is 8.78. The quantitative estimate of drug-likeness (QED) is 0.622. The van der Waals surface area contributed by atoms with Gasteiger partial charge in [0.1, 0.15) is 10.0 Å². The average molecular weight is 356 g/mol. The zero-order valence-electron chi connectivity index (χ0n) is 12.1. The highest BCUT2D eigenvalue weighted by Gasteiger charge is 2.18. The number of halogens is 1. The second kappa shape index (κ2) is 6.80. The van der Waals surface area contributed by atoms with Crippen LogP contribution in [0.1, 0.15) is 19.5 Å². The number of furan rings is 1. The molecule has 3 rings (SSSR count). The molecular formula is C13H14ClN5OS2. The minimum absolute atomic E-state index is 0.466. The molecule has 3 aromatic rings. The van der Waals surface area contributed by atoms with E-state index in [1.807, 2.05) is 12.1 Å². The summed E-state index contributed by atoms with van der Waals surface area (Å²) in [5, 5.41) is 13.4. The average Bonchev–Trinajstić information content (AvgIpc) is 3.18. The van der Waals surface area contributed by atoms with Crippen molar-refractivity contribution in [3.63, 3.8) is 0 Å². The monoisotopic (exact) mass is 355 g/mol. The van der Waals surface area contributed by atoms with Crippen LogP contribution < -0.4 is 0 Å². The maximum absolute atomic E-state index is 6.04. The van der Waals surface area contributed by atoms with Crippen molar-refractivity contribution in [2.24, 2.45) is 5.92 Å². The van der Waals surface area contributed by atoms with E-state index in [1.54, 1.807) is 18.0 Å². The lowest BCUT2D eigenvalue weighted by Crippen LogP contribution is -2.07. The van der Waals surface area contributed by atoms with Crippen molar-refractivity contribution in [3.05, 3.63) is 28.4 Å². The minimum atomic E-state index is 0.466. The van der Waals surface area contributed by atoms with Crippen LogP contribution in [0.3, 0.4) is 0 Å². The maximum atomic E-state index is 6.04. The predicted octanol–water partition coefficient (Wildman–Crippen LogP) is 3.99. The van der Waals surface area contributed by atoms with Crippen LogP contribution in [0.5, 0.6) is 0 Å². The third-order valence-corrected chi connectivity index (χ3v) is 4.82. The maximum Gasteiger partial charge on any atom is 0.200 e. The van der Waals surface area contributed by atoms with Crippen LogP contribution in [0.25, 0.3) is 11.6 Å². The number of rotatable bonds is 6. The van der Waals surface area contributed by atoms with Crippen LogP contribution in [-0.2, 0) is 12.3 Å². The molecule has 0 N–H and O–H groups in total. The largest absolute Gasteiger partial charge is 0.461 e. The van der Waals surface area contributed by atoms with E-state index in [0.717, 1.165) is 23.2 Å². The fourth-order valence-corrected chi connectivity index (χ4v) is 3.61. The van der Waals surface area contributed by atoms with Crippen LogP contribution in [0.4, 0.5) is 0 Å². The van der Waals surface area contributed by atoms with E-state index in [4.69, 9.17) is 16.0 Å². The Bertz CT molecular complexity index is 738. The topological polar surface area (TPSA) is 69.6 Å². The number of thioether (sulfide) groups is 1. The Balaban J connectivity index is 1.85. The normalized spacial score (nSPS) is 11.5. The van der Waals surface area contributed by atoms with E-state index in [0.29, 0.717) is 21.8 Å².